The summed E-state index contributed by atoms with van der Waals surface area (Å²) in [6, 6.07) is 53.7. The number of hydrogen-bond donors (Lipinski definition) is 0. The van der Waals surface area contributed by atoms with Gasteiger partial charge >= 0.3 is 0 Å². The Hall–Kier alpha value is -5.97. The first kappa shape index (κ1) is 26.3. The number of benzene rings is 7. The predicted molar refractivity (Wildman–Crippen MR) is 196 cm³/mol. The van der Waals surface area contributed by atoms with Crippen LogP contribution in [0.5, 0.6) is 0 Å². The summed E-state index contributed by atoms with van der Waals surface area (Å²) in [5, 5.41) is 5.23. The van der Waals surface area contributed by atoms with Gasteiger partial charge in [0.1, 0.15) is 0 Å². The van der Waals surface area contributed by atoms with Crippen molar-refractivity contribution in [2.45, 2.75) is 0 Å². The predicted octanol–water partition coefficient (Wildman–Crippen LogP) is 11.7. The van der Waals surface area contributed by atoms with Gasteiger partial charge in [0.05, 0.1) is 0 Å². The van der Waals surface area contributed by atoms with Gasteiger partial charge in [0, 0.05) is 36.9 Å². The van der Waals surface area contributed by atoms with Crippen molar-refractivity contribution >= 4 is 42.3 Å². The number of hydrogen-bond acceptors (Lipinski definition) is 4. The van der Waals surface area contributed by atoms with Crippen LogP contribution in [0.2, 0.25) is 0 Å². The molecule has 218 valence electrons. The summed E-state index contributed by atoms with van der Waals surface area (Å²) in [5.74, 6) is 1.97. The van der Waals surface area contributed by atoms with Crippen molar-refractivity contribution in [2.75, 3.05) is 0 Å². The van der Waals surface area contributed by atoms with Gasteiger partial charge in [-0.3, -0.25) is 0 Å². The monoisotopic (exact) mass is 615 g/mol. The Labute approximate surface area is 275 Å². The summed E-state index contributed by atoms with van der Waals surface area (Å²) in [4.78, 5) is 15.1. The molecule has 9 aromatic rings. The molecule has 7 aromatic carbocycles. The van der Waals surface area contributed by atoms with E-state index < -0.39 is 0 Å². The minimum Gasteiger partial charge on any atom is -0.208 e. The molecular weight excluding hydrogens is 591 g/mol. The van der Waals surface area contributed by atoms with Crippen molar-refractivity contribution in [1.29, 1.82) is 0 Å². The van der Waals surface area contributed by atoms with Crippen LogP contribution in [-0.2, 0) is 0 Å². The first-order valence-corrected chi connectivity index (χ1v) is 16.6. The lowest BCUT2D eigenvalue weighted by atomic mass is 9.87. The zero-order valence-electron chi connectivity index (χ0n) is 25.2. The second-order valence-corrected chi connectivity index (χ2v) is 13.0. The zero-order chi connectivity index (χ0) is 30.9. The molecule has 0 fully saturated rings. The van der Waals surface area contributed by atoms with E-state index in [1.54, 1.807) is 0 Å². The van der Waals surface area contributed by atoms with Crippen LogP contribution >= 0.6 is 11.3 Å². The lowest BCUT2D eigenvalue weighted by Crippen LogP contribution is -2.01. The highest BCUT2D eigenvalue weighted by Crippen LogP contribution is 2.52. The van der Waals surface area contributed by atoms with Crippen LogP contribution in [0, 0.1) is 0 Å². The number of rotatable bonds is 4. The Kier molecular flexibility index (Phi) is 5.74. The summed E-state index contributed by atoms with van der Waals surface area (Å²) in [5.41, 5.74) is 10.3. The summed E-state index contributed by atoms with van der Waals surface area (Å²) in [6.45, 7) is 0. The second kappa shape index (κ2) is 10.3. The number of fused-ring (bicyclic) bond motifs is 2. The molecule has 0 spiro atoms. The highest BCUT2D eigenvalue weighted by molar-refractivity contribution is 7.26. The van der Waals surface area contributed by atoms with E-state index in [0.717, 1.165) is 27.8 Å². The normalized spacial score (nSPS) is 11.8. The van der Waals surface area contributed by atoms with E-state index in [4.69, 9.17) is 15.0 Å². The first-order valence-electron chi connectivity index (χ1n) is 15.8. The number of nitrogens with zero attached hydrogens (tertiary/aromatic N) is 3. The molecular formula is C43H25N3S. The van der Waals surface area contributed by atoms with E-state index in [-0.39, 0.29) is 0 Å². The molecule has 47 heavy (non-hydrogen) atoms. The molecule has 0 N–H and O–H groups in total. The SMILES string of the molecule is c1ccc(-c2nc(-c3ccccc3)nc(-c3ccccc3-c3ccc4c5c(cccc35)-c3cccc5sc6cccc-4c6c35)n2)cc1. The summed E-state index contributed by atoms with van der Waals surface area (Å²) in [7, 11) is 0. The van der Waals surface area contributed by atoms with Gasteiger partial charge < -0.3 is 0 Å². The van der Waals surface area contributed by atoms with E-state index in [2.05, 4.69) is 115 Å². The molecule has 1 aliphatic rings. The molecule has 0 bridgehead atoms. The maximum Gasteiger partial charge on any atom is 0.164 e. The van der Waals surface area contributed by atoms with Crippen LogP contribution in [0.1, 0.15) is 0 Å². The fourth-order valence-corrected chi connectivity index (χ4v) is 8.41. The summed E-state index contributed by atoms with van der Waals surface area (Å²) in [6.07, 6.45) is 0. The van der Waals surface area contributed by atoms with Crippen LogP contribution < -0.4 is 0 Å². The van der Waals surface area contributed by atoms with Crippen LogP contribution in [0.15, 0.2) is 152 Å². The maximum atomic E-state index is 5.09. The van der Waals surface area contributed by atoms with Crippen molar-refractivity contribution in [1.82, 2.24) is 15.0 Å². The van der Waals surface area contributed by atoms with Crippen LogP contribution in [0.25, 0.3) is 98.5 Å². The lowest BCUT2D eigenvalue weighted by molar-refractivity contribution is 1.07. The van der Waals surface area contributed by atoms with Gasteiger partial charge in [-0.2, -0.15) is 0 Å². The molecule has 0 radical (unpaired) electrons. The van der Waals surface area contributed by atoms with Crippen molar-refractivity contribution in [3.05, 3.63) is 152 Å². The number of aromatic nitrogens is 3. The molecule has 0 saturated heterocycles. The smallest absolute Gasteiger partial charge is 0.164 e. The van der Waals surface area contributed by atoms with Crippen LogP contribution in [0.4, 0.5) is 0 Å². The largest absolute Gasteiger partial charge is 0.208 e. The fraction of sp³-hybridized carbons (Fsp3) is 0. The third-order valence-corrected chi connectivity index (χ3v) is 10.4. The molecule has 2 heterocycles. The fourth-order valence-electron chi connectivity index (χ4n) is 7.25. The zero-order valence-corrected chi connectivity index (χ0v) is 26.0. The van der Waals surface area contributed by atoms with Crippen molar-refractivity contribution in [2.24, 2.45) is 0 Å². The first-order chi connectivity index (χ1) is 23.3. The summed E-state index contributed by atoms with van der Waals surface area (Å²) >= 11 is 1.88. The Morgan fingerprint density at radius 1 is 0.298 bits per heavy atom. The summed E-state index contributed by atoms with van der Waals surface area (Å²) < 4.78 is 2.66. The Balaban J connectivity index is 1.24. The molecule has 0 aliphatic heterocycles. The van der Waals surface area contributed by atoms with Gasteiger partial charge in [0.15, 0.2) is 17.5 Å². The molecule has 0 saturated carbocycles. The Bertz CT molecular complexity index is 2550. The van der Waals surface area contributed by atoms with Crippen LogP contribution in [-0.4, -0.2) is 15.0 Å². The molecule has 0 atom stereocenters. The average Bonchev–Trinajstić information content (AvgIpc) is 3.48. The van der Waals surface area contributed by atoms with E-state index in [0.29, 0.717) is 17.5 Å². The molecule has 2 aromatic heterocycles. The molecule has 0 amide bonds. The second-order valence-electron chi connectivity index (χ2n) is 11.9. The van der Waals surface area contributed by atoms with Crippen molar-refractivity contribution < 1.29 is 0 Å². The van der Waals surface area contributed by atoms with Gasteiger partial charge in [-0.15, -0.1) is 11.3 Å². The maximum absolute atomic E-state index is 5.09. The van der Waals surface area contributed by atoms with Gasteiger partial charge in [-0.25, -0.2) is 15.0 Å². The van der Waals surface area contributed by atoms with Crippen LogP contribution in [0.3, 0.4) is 0 Å². The molecule has 4 heteroatoms. The molecule has 0 unspecified atom stereocenters. The van der Waals surface area contributed by atoms with Gasteiger partial charge in [0.25, 0.3) is 0 Å². The Morgan fingerprint density at radius 3 is 1.36 bits per heavy atom. The minimum atomic E-state index is 0.655. The third-order valence-electron chi connectivity index (χ3n) is 9.30. The topological polar surface area (TPSA) is 38.7 Å². The van der Waals surface area contributed by atoms with E-state index in [1.165, 1.54) is 53.2 Å². The average molecular weight is 616 g/mol. The van der Waals surface area contributed by atoms with Crippen molar-refractivity contribution in [3.8, 4) is 67.5 Å². The lowest BCUT2D eigenvalue weighted by Gasteiger charge is -2.17. The Morgan fingerprint density at radius 2 is 0.745 bits per heavy atom. The molecule has 10 rings (SSSR count). The number of thiophene rings is 1. The molecule has 1 aliphatic carbocycles. The molecule has 3 nitrogen and oxygen atoms in total. The minimum absolute atomic E-state index is 0.655. The van der Waals surface area contributed by atoms with Gasteiger partial charge in [-0.05, 0) is 56.3 Å². The van der Waals surface area contributed by atoms with Gasteiger partial charge in [-0.1, -0.05) is 140 Å². The standard InChI is InChI=1S/C43H25N3S/c1-3-12-26(13-4-1)41-44-42(27-14-5-2-6-15-27)46-43(45-41)35-17-8-7-16-28(35)29-24-25-34-33-21-11-23-37-40(33)39-32(20-10-22-36(39)47-37)31-19-9-18-30(29)38(31)34/h1-25H. The highest BCUT2D eigenvalue weighted by atomic mass is 32.1. The van der Waals surface area contributed by atoms with Gasteiger partial charge in [0.2, 0.25) is 0 Å². The third kappa shape index (κ3) is 4.02. The quantitative estimate of drug-likeness (QED) is 0.198. The van der Waals surface area contributed by atoms with E-state index in [1.807, 2.05) is 47.7 Å². The van der Waals surface area contributed by atoms with E-state index in [9.17, 15) is 0 Å². The van der Waals surface area contributed by atoms with Crippen molar-refractivity contribution in [3.63, 3.8) is 0 Å². The van der Waals surface area contributed by atoms with E-state index >= 15 is 0 Å². The highest BCUT2D eigenvalue weighted by Gasteiger charge is 2.24.